The number of aromatic nitrogens is 2. The topological polar surface area (TPSA) is 25.8 Å². The summed E-state index contributed by atoms with van der Waals surface area (Å²) in [5.41, 5.74) is 5.76. The second-order valence-electron chi connectivity index (χ2n) is 19.1. The van der Waals surface area contributed by atoms with Crippen LogP contribution >= 0.6 is 17.2 Å². The van der Waals surface area contributed by atoms with Crippen molar-refractivity contribution in [2.24, 2.45) is 35.5 Å². The van der Waals surface area contributed by atoms with Gasteiger partial charge in [-0.3, -0.25) is 9.97 Å². The summed E-state index contributed by atoms with van der Waals surface area (Å²) >= 11 is 0. The average Bonchev–Trinajstić information content (AvgIpc) is 3.81. The van der Waals surface area contributed by atoms with Gasteiger partial charge in [-0.15, -0.1) is 22.7 Å². The molecule has 0 N–H and O–H groups in total. The first-order chi connectivity index (χ1) is 24.1. The van der Waals surface area contributed by atoms with Crippen LogP contribution in [0.5, 0.6) is 0 Å². The number of pyridine rings is 2. The predicted molar refractivity (Wildman–Crippen MR) is 218 cm³/mol. The predicted octanol–water partition coefficient (Wildman–Crippen LogP) is 11.2. The standard InChI is InChI=1S/C40H53N2P2Si.C5H5.Fe/c1-45(2,3)36-16-33(37(17-36)40(43,34-6-4-8-41-24-34)35-7-5-9-42-25-35)26-44(38-18-27-10-28(19-38)12-29(11-27)20-38)39-21-30-13-31(22-39)15-32(14-30)23-39;1-2-4-5-3-1;/h4-9,16-17,24-25,27-32H,10-15,18-23,26,43H2,1-3H3;1-5H;/q2*-1;+2. The van der Waals surface area contributed by atoms with E-state index in [2.05, 4.69) is 87.6 Å². The first-order valence-electron chi connectivity index (χ1n) is 20.0. The smallest absolute Gasteiger partial charge is 0.264 e. The van der Waals surface area contributed by atoms with Gasteiger partial charge in [0.15, 0.2) is 0 Å². The molecule has 4 aromatic rings. The van der Waals surface area contributed by atoms with Gasteiger partial charge in [-0.25, -0.2) is 18.2 Å². The molecule has 8 saturated carbocycles. The Bertz CT molecular complexity index is 1590. The zero-order chi connectivity index (χ0) is 34.1. The third-order valence-corrected chi connectivity index (χ3v) is 21.6. The van der Waals surface area contributed by atoms with Crippen molar-refractivity contribution in [1.29, 1.82) is 0 Å². The molecule has 8 aliphatic rings. The Morgan fingerprint density at radius 1 is 0.725 bits per heavy atom. The molecule has 0 saturated heterocycles. The molecular formula is C45H58FeN2P2Si. The minimum Gasteiger partial charge on any atom is -0.264 e. The molecule has 2 nitrogen and oxygen atoms in total. The number of hydrogen-bond acceptors (Lipinski definition) is 2. The van der Waals surface area contributed by atoms with E-state index in [4.69, 9.17) is 0 Å². The molecule has 0 radical (unpaired) electrons. The van der Waals surface area contributed by atoms with Crippen LogP contribution in [0.15, 0.2) is 91.5 Å². The van der Waals surface area contributed by atoms with Crippen LogP contribution < -0.4 is 5.19 Å². The molecule has 2 heterocycles. The van der Waals surface area contributed by atoms with Crippen LogP contribution in [0.3, 0.4) is 0 Å². The van der Waals surface area contributed by atoms with Gasteiger partial charge in [0, 0.05) is 29.9 Å². The Balaban J connectivity index is 0.000000576. The average molecular weight is 773 g/mol. The summed E-state index contributed by atoms with van der Waals surface area (Å²) in [7, 11) is 1.70. The van der Waals surface area contributed by atoms with Gasteiger partial charge in [0.25, 0.3) is 0 Å². The normalized spacial score (nSPS) is 33.7. The Hall–Kier alpha value is -1.40. The van der Waals surface area contributed by atoms with E-state index in [9.17, 15) is 0 Å². The van der Waals surface area contributed by atoms with Crippen LogP contribution in [-0.4, -0.2) is 28.4 Å². The van der Waals surface area contributed by atoms with Crippen LogP contribution in [0.1, 0.15) is 99.3 Å². The number of rotatable bonds is 8. The summed E-state index contributed by atoms with van der Waals surface area (Å²) in [5.74, 6) is 6.16. The Morgan fingerprint density at radius 3 is 1.49 bits per heavy atom. The first-order valence-corrected chi connectivity index (χ1v) is 25.6. The fourth-order valence-electron chi connectivity index (χ4n) is 13.3. The molecule has 12 rings (SSSR count). The molecule has 0 spiro atoms. The molecule has 0 amide bonds. The summed E-state index contributed by atoms with van der Waals surface area (Å²) < 4.78 is 0. The van der Waals surface area contributed by atoms with Gasteiger partial charge < -0.3 is 0 Å². The van der Waals surface area contributed by atoms with Gasteiger partial charge in [0.05, 0.1) is 8.07 Å². The second kappa shape index (κ2) is 14.0. The molecule has 1 unspecified atom stereocenters. The third-order valence-electron chi connectivity index (χ3n) is 14.5. The van der Waals surface area contributed by atoms with Crippen molar-refractivity contribution < 1.29 is 17.1 Å². The van der Waals surface area contributed by atoms with Gasteiger partial charge in [-0.1, -0.05) is 37.9 Å². The molecule has 2 aromatic carbocycles. The van der Waals surface area contributed by atoms with Gasteiger partial charge in [0.2, 0.25) is 0 Å². The minimum atomic E-state index is -1.55. The van der Waals surface area contributed by atoms with Crippen molar-refractivity contribution in [2.45, 2.75) is 118 Å². The quantitative estimate of drug-likeness (QED) is 0.101. The van der Waals surface area contributed by atoms with Crippen molar-refractivity contribution >= 4 is 30.4 Å². The molecule has 8 aliphatic carbocycles. The summed E-state index contributed by atoms with van der Waals surface area (Å²) in [4.78, 5) is 9.36. The summed E-state index contributed by atoms with van der Waals surface area (Å²) in [6, 6.07) is 24.3. The Morgan fingerprint density at radius 2 is 1.16 bits per heavy atom. The van der Waals surface area contributed by atoms with Gasteiger partial charge in [-0.2, -0.15) is 35.0 Å². The van der Waals surface area contributed by atoms with Crippen molar-refractivity contribution in [3.05, 3.63) is 114 Å². The van der Waals surface area contributed by atoms with Crippen molar-refractivity contribution in [3.63, 3.8) is 0 Å². The van der Waals surface area contributed by atoms with Crippen LogP contribution in [0.25, 0.3) is 0 Å². The summed E-state index contributed by atoms with van der Waals surface area (Å²) in [6.07, 6.45) is 28.2. The minimum absolute atomic E-state index is 0. The van der Waals surface area contributed by atoms with E-state index < -0.39 is 8.07 Å². The van der Waals surface area contributed by atoms with E-state index in [-0.39, 0.29) is 30.1 Å². The maximum atomic E-state index is 4.68. The van der Waals surface area contributed by atoms with Crippen molar-refractivity contribution in [2.75, 3.05) is 0 Å². The van der Waals surface area contributed by atoms with Gasteiger partial charge >= 0.3 is 17.1 Å². The molecule has 51 heavy (non-hydrogen) atoms. The van der Waals surface area contributed by atoms with Crippen molar-refractivity contribution in [3.8, 4) is 0 Å². The SMILES string of the molecule is C[Si](C)(C)c1cc(CP(C23CC4CC(CC(C4)C2)C3)C23CC4CC(CC(C4)C2)C3)c(C(P)(c2cccnc2)c2cccnc2)[cH-]1.[Fe+2].c1cc[cH-]c1. The van der Waals surface area contributed by atoms with Crippen LogP contribution in [-0.2, 0) is 28.4 Å². The van der Waals surface area contributed by atoms with Crippen molar-refractivity contribution in [1.82, 2.24) is 9.97 Å². The maximum absolute atomic E-state index is 4.68. The fourth-order valence-corrected chi connectivity index (χ4v) is 20.2. The molecule has 0 aliphatic heterocycles. The van der Waals surface area contributed by atoms with Gasteiger partial charge in [-0.05, 0) is 146 Å². The Kier molecular flexibility index (Phi) is 10.1. The molecular weight excluding hydrogens is 714 g/mol. The van der Waals surface area contributed by atoms with E-state index in [1.807, 2.05) is 42.7 Å². The van der Waals surface area contributed by atoms with E-state index in [1.165, 1.54) is 22.9 Å². The summed E-state index contributed by atoms with van der Waals surface area (Å²) in [5, 5.41) is 2.56. The molecule has 1 atom stereocenters. The maximum Gasteiger partial charge on any atom is 2.00 e. The van der Waals surface area contributed by atoms with E-state index >= 15 is 0 Å². The Labute approximate surface area is 323 Å². The van der Waals surface area contributed by atoms with E-state index in [0.29, 0.717) is 10.3 Å². The molecule has 8 fully saturated rings. The molecule has 6 heteroatoms. The summed E-state index contributed by atoms with van der Waals surface area (Å²) in [6.45, 7) is 7.65. The zero-order valence-corrected chi connectivity index (χ0v) is 35.2. The fraction of sp³-hybridized carbons (Fsp3) is 0.556. The van der Waals surface area contributed by atoms with Crippen LogP contribution in [0.2, 0.25) is 19.6 Å². The number of nitrogens with zero attached hydrogens (tertiary/aromatic N) is 2. The van der Waals surface area contributed by atoms with Crippen LogP contribution in [0.4, 0.5) is 0 Å². The zero-order valence-electron chi connectivity index (χ0n) is 31.1. The van der Waals surface area contributed by atoms with E-state index in [1.54, 1.807) is 87.8 Å². The molecule has 8 bridgehead atoms. The van der Waals surface area contributed by atoms with Crippen LogP contribution in [0, 0.1) is 35.5 Å². The largest absolute Gasteiger partial charge is 2.00 e. The first kappa shape index (κ1) is 36.6. The van der Waals surface area contributed by atoms with Gasteiger partial charge in [0.1, 0.15) is 0 Å². The third kappa shape index (κ3) is 6.69. The second-order valence-corrected chi connectivity index (χ2v) is 28.1. The van der Waals surface area contributed by atoms with E-state index in [0.717, 1.165) is 35.5 Å². The molecule has 2 aromatic heterocycles. The number of hydrogen-bond donors (Lipinski definition) is 0. The monoisotopic (exact) mass is 772 g/mol. The molecule has 270 valence electrons.